The second kappa shape index (κ2) is 8.02. The largest absolute Gasteiger partial charge is 0.457 e. The number of rotatable bonds is 4. The minimum absolute atomic E-state index is 0.106. The molecule has 1 heterocycles. The zero-order chi connectivity index (χ0) is 21.0. The predicted octanol–water partition coefficient (Wildman–Crippen LogP) is 5.65. The summed E-state index contributed by atoms with van der Waals surface area (Å²) in [5.74, 6) is -0.865. The molecule has 0 atom stereocenters. The number of hydrogen-bond donors (Lipinski definition) is 1. The van der Waals surface area contributed by atoms with Gasteiger partial charge in [0.2, 0.25) is 0 Å². The maximum Gasteiger partial charge on any atom is 0.416 e. The van der Waals surface area contributed by atoms with Crippen molar-refractivity contribution in [2.24, 2.45) is 0 Å². The van der Waals surface area contributed by atoms with E-state index in [1.807, 2.05) is 0 Å². The van der Waals surface area contributed by atoms with E-state index in [0.717, 1.165) is 24.3 Å². The van der Waals surface area contributed by atoms with Crippen molar-refractivity contribution in [2.45, 2.75) is 6.18 Å². The van der Waals surface area contributed by atoms with Crippen LogP contribution < -0.4 is 5.32 Å². The van der Waals surface area contributed by atoms with Crippen LogP contribution in [0.2, 0.25) is 0 Å². The number of furan rings is 1. The van der Waals surface area contributed by atoms with Crippen LogP contribution in [-0.4, -0.2) is 5.91 Å². The van der Waals surface area contributed by atoms with Crippen molar-refractivity contribution in [3.05, 3.63) is 83.4 Å². The second-order valence-corrected chi connectivity index (χ2v) is 5.91. The lowest BCUT2D eigenvalue weighted by atomic mass is 10.1. The van der Waals surface area contributed by atoms with Crippen LogP contribution in [-0.2, 0) is 11.0 Å². The number of nitrogens with one attached hydrogen (secondary N) is 1. The summed E-state index contributed by atoms with van der Waals surface area (Å²) in [6.07, 6.45) is -3.41. The van der Waals surface area contributed by atoms with E-state index in [4.69, 9.17) is 4.42 Å². The third kappa shape index (κ3) is 4.90. The van der Waals surface area contributed by atoms with E-state index in [2.05, 4.69) is 5.32 Å². The summed E-state index contributed by atoms with van der Waals surface area (Å²) in [5, 5.41) is 11.5. The fourth-order valence-electron chi connectivity index (χ4n) is 2.49. The second-order valence-electron chi connectivity index (χ2n) is 5.91. The van der Waals surface area contributed by atoms with Gasteiger partial charge in [-0.1, -0.05) is 18.2 Å². The number of alkyl halides is 3. The lowest BCUT2D eigenvalue weighted by Crippen LogP contribution is -2.14. The van der Waals surface area contributed by atoms with Gasteiger partial charge in [-0.05, 0) is 42.5 Å². The van der Waals surface area contributed by atoms with Gasteiger partial charge in [0.05, 0.1) is 5.56 Å². The SMILES string of the molecule is N#C/C(=C/c1ccc(-c2cccc(F)c2)o1)C(=O)Nc1cccc(C(F)(F)F)c1. The molecule has 0 fully saturated rings. The Morgan fingerprint density at radius 1 is 1.07 bits per heavy atom. The Hall–Kier alpha value is -3.86. The average molecular weight is 400 g/mol. The maximum atomic E-state index is 13.3. The van der Waals surface area contributed by atoms with Crippen molar-refractivity contribution in [3.63, 3.8) is 0 Å². The van der Waals surface area contributed by atoms with Crippen LogP contribution in [0.4, 0.5) is 23.2 Å². The van der Waals surface area contributed by atoms with Gasteiger partial charge in [-0.15, -0.1) is 0 Å². The van der Waals surface area contributed by atoms with E-state index in [-0.39, 0.29) is 17.0 Å². The smallest absolute Gasteiger partial charge is 0.416 e. The summed E-state index contributed by atoms with van der Waals surface area (Å²) in [6.45, 7) is 0. The monoisotopic (exact) mass is 400 g/mol. The lowest BCUT2D eigenvalue weighted by Gasteiger charge is -2.09. The zero-order valence-corrected chi connectivity index (χ0v) is 14.6. The maximum absolute atomic E-state index is 13.3. The fraction of sp³-hybridized carbons (Fsp3) is 0.0476. The fourth-order valence-corrected chi connectivity index (χ4v) is 2.49. The van der Waals surface area contributed by atoms with Crippen LogP contribution in [0.3, 0.4) is 0 Å². The van der Waals surface area contributed by atoms with Gasteiger partial charge in [-0.25, -0.2) is 4.39 Å². The van der Waals surface area contributed by atoms with Crippen molar-refractivity contribution < 1.29 is 26.8 Å². The number of carbonyl (C=O) groups excluding carboxylic acids is 1. The van der Waals surface area contributed by atoms with Gasteiger partial charge >= 0.3 is 6.18 Å². The number of nitriles is 1. The van der Waals surface area contributed by atoms with Crippen molar-refractivity contribution >= 4 is 17.7 Å². The Labute approximate surface area is 162 Å². The van der Waals surface area contributed by atoms with Gasteiger partial charge in [0.25, 0.3) is 5.91 Å². The van der Waals surface area contributed by atoms with E-state index < -0.39 is 23.5 Å². The Bertz CT molecular complexity index is 1120. The Balaban J connectivity index is 1.80. The molecule has 8 heteroatoms. The van der Waals surface area contributed by atoms with Gasteiger partial charge in [-0.3, -0.25) is 4.79 Å². The summed E-state index contributed by atoms with van der Waals surface area (Å²) in [7, 11) is 0. The molecule has 29 heavy (non-hydrogen) atoms. The molecule has 1 N–H and O–H groups in total. The van der Waals surface area contributed by atoms with Gasteiger partial charge in [0.15, 0.2) is 0 Å². The summed E-state index contributed by atoms with van der Waals surface area (Å²) in [6, 6.07) is 14.4. The van der Waals surface area contributed by atoms with E-state index in [1.54, 1.807) is 18.2 Å². The van der Waals surface area contributed by atoms with Gasteiger partial charge in [0, 0.05) is 17.3 Å². The molecule has 0 spiro atoms. The first-order valence-electron chi connectivity index (χ1n) is 8.22. The van der Waals surface area contributed by atoms with Crippen LogP contribution >= 0.6 is 0 Å². The third-order valence-electron chi connectivity index (χ3n) is 3.84. The van der Waals surface area contributed by atoms with Crippen LogP contribution in [0.1, 0.15) is 11.3 Å². The topological polar surface area (TPSA) is 66.0 Å². The highest BCUT2D eigenvalue weighted by molar-refractivity contribution is 6.09. The highest BCUT2D eigenvalue weighted by atomic mass is 19.4. The molecular formula is C21H12F4N2O2. The molecule has 0 saturated heterocycles. The third-order valence-corrected chi connectivity index (χ3v) is 3.84. The molecule has 1 amide bonds. The highest BCUT2D eigenvalue weighted by Gasteiger charge is 2.30. The minimum Gasteiger partial charge on any atom is -0.457 e. The molecule has 0 radical (unpaired) electrons. The van der Waals surface area contributed by atoms with Crippen molar-refractivity contribution in [1.29, 1.82) is 5.26 Å². The summed E-state index contributed by atoms with van der Waals surface area (Å²) in [5.41, 5.74) is -0.937. The van der Waals surface area contributed by atoms with Gasteiger partial charge in [0.1, 0.15) is 29.0 Å². The summed E-state index contributed by atoms with van der Waals surface area (Å²) >= 11 is 0. The summed E-state index contributed by atoms with van der Waals surface area (Å²) in [4.78, 5) is 12.3. The molecule has 1 aromatic heterocycles. The Morgan fingerprint density at radius 3 is 2.52 bits per heavy atom. The molecule has 3 aromatic rings. The molecule has 0 saturated carbocycles. The van der Waals surface area contributed by atoms with Crippen LogP contribution in [0.25, 0.3) is 17.4 Å². The highest BCUT2D eigenvalue weighted by Crippen LogP contribution is 2.31. The van der Waals surface area contributed by atoms with Crippen LogP contribution in [0.5, 0.6) is 0 Å². The molecule has 0 bridgehead atoms. The van der Waals surface area contributed by atoms with Gasteiger partial charge in [-0.2, -0.15) is 18.4 Å². The molecule has 0 unspecified atom stereocenters. The molecule has 4 nitrogen and oxygen atoms in total. The molecule has 146 valence electrons. The van der Waals surface area contributed by atoms with Crippen molar-refractivity contribution in [2.75, 3.05) is 5.32 Å². The predicted molar refractivity (Wildman–Crippen MR) is 97.8 cm³/mol. The minimum atomic E-state index is -4.56. The molecular weight excluding hydrogens is 388 g/mol. The number of carbonyl (C=O) groups is 1. The molecule has 3 rings (SSSR count). The van der Waals surface area contributed by atoms with E-state index in [1.165, 1.54) is 30.3 Å². The quantitative estimate of drug-likeness (QED) is 0.350. The Morgan fingerprint density at radius 2 is 1.83 bits per heavy atom. The standard InChI is InChI=1S/C21H12F4N2O2/c22-16-5-1-3-13(9-16)19-8-7-18(29-19)10-14(12-26)20(28)27-17-6-2-4-15(11-17)21(23,24)25/h1-11H,(H,27,28)/b14-10-. The number of hydrogen-bond acceptors (Lipinski definition) is 3. The zero-order valence-electron chi connectivity index (χ0n) is 14.6. The number of nitrogens with zero attached hydrogens (tertiary/aromatic N) is 1. The number of benzene rings is 2. The number of anilines is 1. The normalized spacial score (nSPS) is 11.8. The first-order valence-corrected chi connectivity index (χ1v) is 8.22. The van der Waals surface area contributed by atoms with Gasteiger partial charge < -0.3 is 9.73 Å². The first kappa shape index (κ1) is 19.9. The Kier molecular flexibility index (Phi) is 5.50. The van der Waals surface area contributed by atoms with Crippen molar-refractivity contribution in [1.82, 2.24) is 0 Å². The molecule has 2 aromatic carbocycles. The molecule has 0 aliphatic rings. The van der Waals surface area contributed by atoms with Crippen LogP contribution in [0.15, 0.2) is 70.7 Å². The molecule has 0 aliphatic carbocycles. The van der Waals surface area contributed by atoms with Crippen molar-refractivity contribution in [3.8, 4) is 17.4 Å². The summed E-state index contributed by atoms with van der Waals surface area (Å²) < 4.78 is 57.1. The first-order chi connectivity index (χ1) is 13.8. The van der Waals surface area contributed by atoms with E-state index in [9.17, 15) is 27.6 Å². The van der Waals surface area contributed by atoms with E-state index in [0.29, 0.717) is 11.3 Å². The number of amides is 1. The number of halogens is 4. The average Bonchev–Trinajstić information content (AvgIpc) is 3.14. The van der Waals surface area contributed by atoms with Crippen LogP contribution in [0, 0.1) is 17.1 Å². The molecule has 0 aliphatic heterocycles. The lowest BCUT2D eigenvalue weighted by molar-refractivity contribution is -0.137. The van der Waals surface area contributed by atoms with E-state index >= 15 is 0 Å².